The van der Waals surface area contributed by atoms with Crippen LogP contribution in [0, 0.1) is 6.92 Å². The fourth-order valence-electron chi connectivity index (χ4n) is 1.86. The first kappa shape index (κ1) is 14.2. The van der Waals surface area contributed by atoms with E-state index in [9.17, 15) is 0 Å². The number of hydrogen-bond donors (Lipinski definition) is 2. The first-order chi connectivity index (χ1) is 9.78. The van der Waals surface area contributed by atoms with Crippen molar-refractivity contribution in [3.63, 3.8) is 0 Å². The van der Waals surface area contributed by atoms with Crippen molar-refractivity contribution in [1.82, 2.24) is 15.2 Å². The van der Waals surface area contributed by atoms with E-state index in [0.29, 0.717) is 12.5 Å². The third kappa shape index (κ3) is 4.50. The van der Waals surface area contributed by atoms with E-state index in [1.54, 1.807) is 6.20 Å². The molecule has 0 saturated carbocycles. The van der Waals surface area contributed by atoms with E-state index in [1.165, 1.54) is 11.1 Å². The van der Waals surface area contributed by atoms with Crippen LogP contribution in [0.5, 0.6) is 0 Å². The van der Waals surface area contributed by atoms with E-state index >= 15 is 0 Å². The van der Waals surface area contributed by atoms with Gasteiger partial charge in [0.05, 0.1) is 6.20 Å². The van der Waals surface area contributed by atoms with Gasteiger partial charge in [-0.1, -0.05) is 43.2 Å². The van der Waals surface area contributed by atoms with Crippen molar-refractivity contribution in [2.75, 3.05) is 17.2 Å². The summed E-state index contributed by atoms with van der Waals surface area (Å²) in [5, 5.41) is 14.4. The van der Waals surface area contributed by atoms with Crippen LogP contribution in [0.4, 0.5) is 11.8 Å². The molecule has 0 spiro atoms. The molecule has 5 heteroatoms. The Hall–Kier alpha value is -2.17. The first-order valence-electron chi connectivity index (χ1n) is 7.01. The quantitative estimate of drug-likeness (QED) is 0.758. The molecule has 1 aromatic heterocycles. The number of benzene rings is 1. The zero-order valence-electron chi connectivity index (χ0n) is 12.1. The smallest absolute Gasteiger partial charge is 0.244 e. The summed E-state index contributed by atoms with van der Waals surface area (Å²) in [5.41, 5.74) is 2.45. The molecule has 2 N–H and O–H groups in total. The molecule has 1 aromatic carbocycles. The lowest BCUT2D eigenvalue weighted by molar-refractivity contribution is 0.826. The number of unbranched alkanes of at least 4 members (excludes halogenated alkanes) is 1. The number of aromatic nitrogens is 3. The minimum absolute atomic E-state index is 0.549. The minimum Gasteiger partial charge on any atom is -0.369 e. The molecule has 0 radical (unpaired) electrons. The van der Waals surface area contributed by atoms with Gasteiger partial charge in [0.15, 0.2) is 0 Å². The van der Waals surface area contributed by atoms with Crippen LogP contribution >= 0.6 is 0 Å². The topological polar surface area (TPSA) is 62.7 Å². The molecule has 106 valence electrons. The Kier molecular flexibility index (Phi) is 5.29. The van der Waals surface area contributed by atoms with Crippen LogP contribution in [0.15, 0.2) is 30.5 Å². The second-order valence-electron chi connectivity index (χ2n) is 4.79. The van der Waals surface area contributed by atoms with E-state index in [2.05, 4.69) is 57.9 Å². The van der Waals surface area contributed by atoms with E-state index < -0.39 is 0 Å². The second-order valence-corrected chi connectivity index (χ2v) is 4.79. The first-order valence-corrected chi connectivity index (χ1v) is 7.01. The van der Waals surface area contributed by atoms with Gasteiger partial charge < -0.3 is 10.6 Å². The molecule has 20 heavy (non-hydrogen) atoms. The lowest BCUT2D eigenvalue weighted by Crippen LogP contribution is -2.08. The standard InChI is InChI=1S/C15H21N5/c1-3-4-8-16-14-11-18-20-15(19-14)17-10-13-7-5-6-12(2)9-13/h5-7,9,11H,3-4,8,10H2,1-2H3,(H2,16,17,19,20). The third-order valence-corrected chi connectivity index (χ3v) is 2.93. The monoisotopic (exact) mass is 271 g/mol. The van der Waals surface area contributed by atoms with Crippen LogP contribution in [0.25, 0.3) is 0 Å². The summed E-state index contributed by atoms with van der Waals surface area (Å²) in [6, 6.07) is 8.36. The number of anilines is 2. The number of hydrogen-bond acceptors (Lipinski definition) is 5. The molecule has 2 aromatic rings. The van der Waals surface area contributed by atoms with Crippen LogP contribution in [0.1, 0.15) is 30.9 Å². The SMILES string of the molecule is CCCCNc1cnnc(NCc2cccc(C)c2)n1. The van der Waals surface area contributed by atoms with Gasteiger partial charge in [-0.15, -0.1) is 5.10 Å². The van der Waals surface area contributed by atoms with Crippen molar-refractivity contribution >= 4 is 11.8 Å². The van der Waals surface area contributed by atoms with Crippen molar-refractivity contribution in [2.24, 2.45) is 0 Å². The summed E-state index contributed by atoms with van der Waals surface area (Å²) >= 11 is 0. The van der Waals surface area contributed by atoms with Gasteiger partial charge in [-0.05, 0) is 18.9 Å². The third-order valence-electron chi connectivity index (χ3n) is 2.93. The molecule has 0 bridgehead atoms. The van der Waals surface area contributed by atoms with E-state index in [1.807, 2.05) is 6.07 Å². The molecule has 5 nitrogen and oxygen atoms in total. The van der Waals surface area contributed by atoms with Crippen molar-refractivity contribution in [2.45, 2.75) is 33.2 Å². The molecule has 0 aliphatic rings. The maximum Gasteiger partial charge on any atom is 0.244 e. The van der Waals surface area contributed by atoms with Gasteiger partial charge in [0.1, 0.15) is 5.82 Å². The zero-order chi connectivity index (χ0) is 14.2. The van der Waals surface area contributed by atoms with Crippen LogP contribution in [0.2, 0.25) is 0 Å². The van der Waals surface area contributed by atoms with Crippen LogP contribution < -0.4 is 10.6 Å². The summed E-state index contributed by atoms with van der Waals surface area (Å²) < 4.78 is 0. The van der Waals surface area contributed by atoms with E-state index in [-0.39, 0.29) is 0 Å². The van der Waals surface area contributed by atoms with E-state index in [0.717, 1.165) is 25.2 Å². The fourth-order valence-corrected chi connectivity index (χ4v) is 1.86. The van der Waals surface area contributed by atoms with Gasteiger partial charge >= 0.3 is 0 Å². The molecule has 2 rings (SSSR count). The Bertz CT molecular complexity index is 541. The molecule has 0 amide bonds. The molecule has 0 atom stereocenters. The van der Waals surface area contributed by atoms with Crippen molar-refractivity contribution in [1.29, 1.82) is 0 Å². The molecular formula is C15H21N5. The highest BCUT2D eigenvalue weighted by Gasteiger charge is 2.00. The molecule has 1 heterocycles. The molecule has 0 saturated heterocycles. The average molecular weight is 271 g/mol. The predicted octanol–water partition coefficient (Wildman–Crippen LogP) is 3.00. The van der Waals surface area contributed by atoms with E-state index in [4.69, 9.17) is 0 Å². The Morgan fingerprint density at radius 2 is 2.10 bits per heavy atom. The summed E-state index contributed by atoms with van der Waals surface area (Å²) in [4.78, 5) is 4.39. The van der Waals surface area contributed by atoms with Gasteiger partial charge in [-0.2, -0.15) is 10.1 Å². The van der Waals surface area contributed by atoms with Crippen LogP contribution in [-0.2, 0) is 6.54 Å². The zero-order valence-corrected chi connectivity index (χ0v) is 12.1. The highest BCUT2D eigenvalue weighted by Crippen LogP contribution is 2.08. The van der Waals surface area contributed by atoms with Crippen LogP contribution in [-0.4, -0.2) is 21.7 Å². The highest BCUT2D eigenvalue weighted by atomic mass is 15.3. The van der Waals surface area contributed by atoms with Gasteiger partial charge in [-0.3, -0.25) is 0 Å². The maximum atomic E-state index is 4.39. The Morgan fingerprint density at radius 3 is 2.90 bits per heavy atom. The lowest BCUT2D eigenvalue weighted by Gasteiger charge is -2.07. The Labute approximate surface area is 119 Å². The maximum absolute atomic E-state index is 4.39. The average Bonchev–Trinajstić information content (AvgIpc) is 2.46. The predicted molar refractivity (Wildman–Crippen MR) is 81.7 cm³/mol. The van der Waals surface area contributed by atoms with Gasteiger partial charge in [0.25, 0.3) is 0 Å². The molecule has 0 fully saturated rings. The molecule has 0 aliphatic carbocycles. The highest BCUT2D eigenvalue weighted by molar-refractivity contribution is 5.37. The summed E-state index contributed by atoms with van der Waals surface area (Å²) in [7, 11) is 0. The van der Waals surface area contributed by atoms with Gasteiger partial charge in [-0.25, -0.2) is 0 Å². The second kappa shape index (κ2) is 7.43. The molecule has 0 unspecified atom stereocenters. The number of nitrogens with zero attached hydrogens (tertiary/aromatic N) is 3. The summed E-state index contributed by atoms with van der Waals surface area (Å²) in [6.45, 7) is 5.85. The summed E-state index contributed by atoms with van der Waals surface area (Å²) in [5.74, 6) is 1.31. The molecule has 0 aliphatic heterocycles. The lowest BCUT2D eigenvalue weighted by atomic mass is 10.1. The van der Waals surface area contributed by atoms with Crippen molar-refractivity contribution in [3.8, 4) is 0 Å². The van der Waals surface area contributed by atoms with Crippen molar-refractivity contribution < 1.29 is 0 Å². The van der Waals surface area contributed by atoms with Crippen LogP contribution in [0.3, 0.4) is 0 Å². The van der Waals surface area contributed by atoms with Crippen molar-refractivity contribution in [3.05, 3.63) is 41.6 Å². The largest absolute Gasteiger partial charge is 0.369 e. The minimum atomic E-state index is 0.549. The summed E-state index contributed by atoms with van der Waals surface area (Å²) in [6.07, 6.45) is 3.92. The normalized spacial score (nSPS) is 10.3. The Balaban J connectivity index is 1.91. The Morgan fingerprint density at radius 1 is 1.20 bits per heavy atom. The number of nitrogens with one attached hydrogen (secondary N) is 2. The number of aryl methyl sites for hydroxylation is 1. The molecular weight excluding hydrogens is 250 g/mol. The number of rotatable bonds is 7. The van der Waals surface area contributed by atoms with Gasteiger partial charge in [0, 0.05) is 13.1 Å². The van der Waals surface area contributed by atoms with Gasteiger partial charge in [0.2, 0.25) is 5.95 Å². The fraction of sp³-hybridized carbons (Fsp3) is 0.400.